The number of amides is 2. The highest BCUT2D eigenvalue weighted by atomic mass is 16.3. The molecule has 0 unspecified atom stereocenters. The van der Waals surface area contributed by atoms with E-state index in [0.29, 0.717) is 43.0 Å². The molecule has 1 fully saturated rings. The van der Waals surface area contributed by atoms with E-state index in [1.54, 1.807) is 64.7 Å². The number of pyridine rings is 1. The van der Waals surface area contributed by atoms with Crippen LogP contribution in [0.2, 0.25) is 0 Å². The maximum absolute atomic E-state index is 12.7. The summed E-state index contributed by atoms with van der Waals surface area (Å²) < 4.78 is 1.77. The van der Waals surface area contributed by atoms with Crippen LogP contribution in [0.15, 0.2) is 61.3 Å². The molecule has 0 saturated carbocycles. The molecule has 0 spiro atoms. The topological polar surface area (TPSA) is 100 Å². The second-order valence-electron chi connectivity index (χ2n) is 6.95. The third-order valence-electron chi connectivity index (χ3n) is 5.08. The number of carbonyl (C=O) groups excluding carboxylic acids is 2. The van der Waals surface area contributed by atoms with Gasteiger partial charge in [0.15, 0.2) is 0 Å². The lowest BCUT2D eigenvalue weighted by molar-refractivity contribution is -0.121. The first-order chi connectivity index (χ1) is 14.1. The number of aromatic hydroxyl groups is 1. The zero-order valence-electron chi connectivity index (χ0n) is 15.7. The molecular weight excluding hydrogens is 370 g/mol. The number of likely N-dealkylation sites (tertiary alicyclic amines) is 1. The van der Waals surface area contributed by atoms with E-state index in [1.807, 2.05) is 0 Å². The number of aromatic nitrogens is 3. The number of benzene rings is 1. The Hall–Kier alpha value is -3.68. The molecule has 1 aliphatic heterocycles. The number of hydrogen-bond donors (Lipinski definition) is 2. The van der Waals surface area contributed by atoms with E-state index in [0.717, 1.165) is 0 Å². The highest BCUT2D eigenvalue weighted by molar-refractivity contribution is 5.95. The number of nitrogens with one attached hydrogen (secondary N) is 1. The molecule has 2 amide bonds. The van der Waals surface area contributed by atoms with Crippen molar-refractivity contribution in [2.45, 2.75) is 12.8 Å². The summed E-state index contributed by atoms with van der Waals surface area (Å²) in [5.41, 5.74) is 0.922. The number of nitrogens with zero attached hydrogens (tertiary/aromatic N) is 4. The Balaban J connectivity index is 1.33. The summed E-state index contributed by atoms with van der Waals surface area (Å²) >= 11 is 0. The summed E-state index contributed by atoms with van der Waals surface area (Å²) in [5.74, 6) is 0.318. The Morgan fingerprint density at radius 2 is 1.90 bits per heavy atom. The monoisotopic (exact) mass is 391 g/mol. The molecule has 29 heavy (non-hydrogen) atoms. The minimum atomic E-state index is -0.194. The molecule has 8 nitrogen and oxygen atoms in total. The van der Waals surface area contributed by atoms with E-state index < -0.39 is 0 Å². The highest BCUT2D eigenvalue weighted by Crippen LogP contribution is 2.25. The molecule has 1 saturated heterocycles. The van der Waals surface area contributed by atoms with Crippen LogP contribution in [0.25, 0.3) is 5.82 Å². The van der Waals surface area contributed by atoms with Gasteiger partial charge in [0.2, 0.25) is 5.91 Å². The number of carbonyl (C=O) groups is 2. The van der Waals surface area contributed by atoms with Crippen LogP contribution >= 0.6 is 0 Å². The maximum Gasteiger partial charge on any atom is 0.255 e. The number of rotatable bonds is 4. The van der Waals surface area contributed by atoms with Gasteiger partial charge in [0, 0.05) is 37.6 Å². The molecule has 1 aromatic carbocycles. The van der Waals surface area contributed by atoms with Crippen molar-refractivity contribution in [3.05, 3.63) is 66.9 Å². The number of piperidine rings is 1. The fourth-order valence-electron chi connectivity index (χ4n) is 3.40. The lowest BCUT2D eigenvalue weighted by Gasteiger charge is -2.31. The van der Waals surface area contributed by atoms with Gasteiger partial charge in [0.25, 0.3) is 5.91 Å². The number of anilines is 1. The van der Waals surface area contributed by atoms with Crippen LogP contribution in [0, 0.1) is 5.92 Å². The molecule has 8 heteroatoms. The summed E-state index contributed by atoms with van der Waals surface area (Å²) in [6.07, 6.45) is 7.82. The van der Waals surface area contributed by atoms with Gasteiger partial charge in [-0.25, -0.2) is 9.97 Å². The summed E-state index contributed by atoms with van der Waals surface area (Å²) in [5, 5.41) is 12.6. The van der Waals surface area contributed by atoms with Crippen LogP contribution in [-0.2, 0) is 4.79 Å². The minimum absolute atomic E-state index is 0.0418. The van der Waals surface area contributed by atoms with Crippen LogP contribution in [0.3, 0.4) is 0 Å². The fourth-order valence-corrected chi connectivity index (χ4v) is 3.40. The first kappa shape index (κ1) is 18.7. The summed E-state index contributed by atoms with van der Waals surface area (Å²) in [7, 11) is 0. The lowest BCUT2D eigenvalue weighted by atomic mass is 9.95. The second-order valence-corrected chi connectivity index (χ2v) is 6.95. The molecule has 3 aromatic rings. The molecule has 0 bridgehead atoms. The van der Waals surface area contributed by atoms with Crippen molar-refractivity contribution in [2.24, 2.45) is 5.92 Å². The molecular formula is C21H21N5O3. The SMILES string of the molecule is O=C(Nc1ccccc1O)C1CCN(C(=O)c2ccc(-n3ccnc3)nc2)CC1. The second kappa shape index (κ2) is 8.14. The Morgan fingerprint density at radius 1 is 1.10 bits per heavy atom. The van der Waals surface area contributed by atoms with Crippen molar-refractivity contribution in [1.29, 1.82) is 0 Å². The van der Waals surface area contributed by atoms with Crippen molar-refractivity contribution >= 4 is 17.5 Å². The van der Waals surface area contributed by atoms with Crippen LogP contribution < -0.4 is 5.32 Å². The van der Waals surface area contributed by atoms with Crippen molar-refractivity contribution in [2.75, 3.05) is 18.4 Å². The molecule has 0 atom stereocenters. The number of hydrogen-bond acceptors (Lipinski definition) is 5. The smallest absolute Gasteiger partial charge is 0.255 e. The molecule has 0 aliphatic carbocycles. The summed E-state index contributed by atoms with van der Waals surface area (Å²) in [6.45, 7) is 1.00. The first-order valence-electron chi connectivity index (χ1n) is 9.44. The van der Waals surface area contributed by atoms with E-state index >= 15 is 0 Å². The van der Waals surface area contributed by atoms with Crippen LogP contribution in [0.4, 0.5) is 5.69 Å². The maximum atomic E-state index is 12.7. The average Bonchev–Trinajstić information content (AvgIpc) is 3.30. The number of phenols is 1. The first-order valence-corrected chi connectivity index (χ1v) is 9.44. The molecule has 148 valence electrons. The number of para-hydroxylation sites is 2. The lowest BCUT2D eigenvalue weighted by Crippen LogP contribution is -2.41. The highest BCUT2D eigenvalue weighted by Gasteiger charge is 2.28. The molecule has 4 rings (SSSR count). The van der Waals surface area contributed by atoms with Gasteiger partial charge in [0.05, 0.1) is 11.3 Å². The van der Waals surface area contributed by atoms with Crippen LogP contribution in [0.5, 0.6) is 5.75 Å². The Kier molecular flexibility index (Phi) is 5.24. The Morgan fingerprint density at radius 3 is 2.55 bits per heavy atom. The van der Waals surface area contributed by atoms with E-state index in [1.165, 1.54) is 6.07 Å². The third kappa shape index (κ3) is 4.11. The number of imidazole rings is 1. The molecule has 0 radical (unpaired) electrons. The normalized spacial score (nSPS) is 14.6. The van der Waals surface area contributed by atoms with Crippen LogP contribution in [-0.4, -0.2) is 49.4 Å². The zero-order chi connectivity index (χ0) is 20.2. The average molecular weight is 391 g/mol. The predicted octanol–water partition coefficient (Wildman–Crippen LogP) is 2.46. The van der Waals surface area contributed by atoms with Gasteiger partial charge in [-0.2, -0.15) is 0 Å². The van der Waals surface area contributed by atoms with Gasteiger partial charge in [-0.3, -0.25) is 14.2 Å². The van der Waals surface area contributed by atoms with Gasteiger partial charge in [-0.1, -0.05) is 12.1 Å². The quantitative estimate of drug-likeness (QED) is 0.666. The third-order valence-corrected chi connectivity index (χ3v) is 5.08. The molecule has 1 aliphatic rings. The van der Waals surface area contributed by atoms with Gasteiger partial charge in [-0.05, 0) is 37.1 Å². The van der Waals surface area contributed by atoms with E-state index in [4.69, 9.17) is 0 Å². The summed E-state index contributed by atoms with van der Waals surface area (Å²) in [4.78, 5) is 35.3. The summed E-state index contributed by atoms with van der Waals surface area (Å²) in [6, 6.07) is 10.2. The van der Waals surface area contributed by atoms with Crippen LogP contribution in [0.1, 0.15) is 23.2 Å². The van der Waals surface area contributed by atoms with Gasteiger partial charge >= 0.3 is 0 Å². The van der Waals surface area contributed by atoms with Gasteiger partial charge in [-0.15, -0.1) is 0 Å². The van der Waals surface area contributed by atoms with Crippen molar-refractivity contribution in [3.63, 3.8) is 0 Å². The van der Waals surface area contributed by atoms with Crippen molar-refractivity contribution in [3.8, 4) is 11.6 Å². The van der Waals surface area contributed by atoms with Crippen molar-refractivity contribution < 1.29 is 14.7 Å². The number of phenolic OH excluding ortho intramolecular Hbond substituents is 1. The largest absolute Gasteiger partial charge is 0.506 e. The zero-order valence-corrected chi connectivity index (χ0v) is 15.7. The predicted molar refractivity (Wildman–Crippen MR) is 107 cm³/mol. The van der Waals surface area contributed by atoms with E-state index in [9.17, 15) is 14.7 Å². The van der Waals surface area contributed by atoms with E-state index in [2.05, 4.69) is 15.3 Å². The molecule has 3 heterocycles. The van der Waals surface area contributed by atoms with Gasteiger partial charge < -0.3 is 15.3 Å². The molecule has 2 aromatic heterocycles. The van der Waals surface area contributed by atoms with Gasteiger partial charge in [0.1, 0.15) is 17.9 Å². The fraction of sp³-hybridized carbons (Fsp3) is 0.238. The Bertz CT molecular complexity index is 993. The minimum Gasteiger partial charge on any atom is -0.506 e. The molecule has 2 N–H and O–H groups in total. The Labute approximate surface area is 167 Å². The van der Waals surface area contributed by atoms with Crippen molar-refractivity contribution in [1.82, 2.24) is 19.4 Å². The van der Waals surface area contributed by atoms with E-state index in [-0.39, 0.29) is 23.5 Å². The standard InChI is InChI=1S/C21H21N5O3/c27-18-4-2-1-3-17(18)24-20(28)15-7-10-25(11-8-15)21(29)16-5-6-19(23-13-16)26-12-9-22-14-26/h1-6,9,12-15,27H,7-8,10-11H2,(H,24,28).